The Morgan fingerprint density at radius 3 is 2.24 bits per heavy atom. The van der Waals surface area contributed by atoms with Gasteiger partial charge in [-0.05, 0) is 88.6 Å². The minimum absolute atomic E-state index is 0.0504. The fourth-order valence-corrected chi connectivity index (χ4v) is 5.83. The molecule has 1 atom stereocenters. The van der Waals surface area contributed by atoms with Crippen molar-refractivity contribution in [2.75, 3.05) is 28.6 Å². The second kappa shape index (κ2) is 10.6. The molecule has 2 heterocycles. The maximum absolute atomic E-state index is 11.8. The average molecular weight is 485 g/mol. The SMILES string of the molecule is CC(C)(C)O.CSN1CC2CCCCN2c2c(C)c(-c3ccc(C)cc3)c(CC(=O)O)c(C)c21. The predicted octanol–water partition coefficient (Wildman–Crippen LogP) is 6.14. The van der Waals surface area contributed by atoms with Crippen molar-refractivity contribution in [1.82, 2.24) is 0 Å². The molecule has 2 aliphatic rings. The highest BCUT2D eigenvalue weighted by Crippen LogP contribution is 2.50. The maximum atomic E-state index is 11.8. The summed E-state index contributed by atoms with van der Waals surface area (Å²) < 4.78 is 2.40. The Morgan fingerprint density at radius 2 is 1.68 bits per heavy atom. The summed E-state index contributed by atoms with van der Waals surface area (Å²) in [5, 5.41) is 18.2. The maximum Gasteiger partial charge on any atom is 0.307 e. The lowest BCUT2D eigenvalue weighted by molar-refractivity contribution is -0.136. The van der Waals surface area contributed by atoms with Crippen LogP contribution in [0.5, 0.6) is 0 Å². The van der Waals surface area contributed by atoms with Crippen molar-refractivity contribution < 1.29 is 15.0 Å². The number of carboxylic acids is 1. The summed E-state index contributed by atoms with van der Waals surface area (Å²) >= 11 is 1.76. The average Bonchev–Trinajstić information content (AvgIpc) is 2.75. The van der Waals surface area contributed by atoms with Crippen molar-refractivity contribution in [1.29, 1.82) is 0 Å². The second-order valence-corrected chi connectivity index (χ2v) is 11.3. The minimum atomic E-state index is -0.775. The molecular weight excluding hydrogens is 444 g/mol. The van der Waals surface area contributed by atoms with Gasteiger partial charge in [-0.1, -0.05) is 41.8 Å². The Hall–Kier alpha value is -2.18. The molecule has 0 radical (unpaired) electrons. The lowest BCUT2D eigenvalue weighted by Crippen LogP contribution is -2.50. The summed E-state index contributed by atoms with van der Waals surface area (Å²) in [6, 6.07) is 9.05. The zero-order valence-electron chi connectivity index (χ0n) is 21.7. The van der Waals surface area contributed by atoms with Crippen LogP contribution in [0, 0.1) is 20.8 Å². The molecule has 6 heteroatoms. The van der Waals surface area contributed by atoms with E-state index in [9.17, 15) is 9.90 Å². The van der Waals surface area contributed by atoms with E-state index in [1.807, 2.05) is 0 Å². The summed E-state index contributed by atoms with van der Waals surface area (Å²) in [6.07, 6.45) is 5.92. The molecule has 0 bridgehead atoms. The number of benzene rings is 2. The van der Waals surface area contributed by atoms with Crippen LogP contribution in [0.1, 0.15) is 62.3 Å². The Kier molecular flexibility index (Phi) is 8.25. The zero-order chi connectivity index (χ0) is 25.2. The molecule has 2 aromatic carbocycles. The van der Waals surface area contributed by atoms with E-state index in [1.54, 1.807) is 32.7 Å². The van der Waals surface area contributed by atoms with Gasteiger partial charge < -0.3 is 19.4 Å². The van der Waals surface area contributed by atoms with E-state index < -0.39 is 11.6 Å². The lowest BCUT2D eigenvalue weighted by Gasteiger charge is -2.48. The van der Waals surface area contributed by atoms with E-state index in [1.165, 1.54) is 41.8 Å². The van der Waals surface area contributed by atoms with E-state index in [2.05, 4.69) is 60.5 Å². The van der Waals surface area contributed by atoms with E-state index >= 15 is 0 Å². The molecule has 0 amide bonds. The molecule has 186 valence electrons. The highest BCUT2D eigenvalue weighted by Gasteiger charge is 2.36. The predicted molar refractivity (Wildman–Crippen MR) is 145 cm³/mol. The van der Waals surface area contributed by atoms with E-state index in [0.29, 0.717) is 6.04 Å². The van der Waals surface area contributed by atoms with Gasteiger partial charge in [-0.15, -0.1) is 0 Å². The molecule has 0 aliphatic carbocycles. The minimum Gasteiger partial charge on any atom is -0.481 e. The molecule has 34 heavy (non-hydrogen) atoms. The number of hydrogen-bond acceptors (Lipinski definition) is 5. The van der Waals surface area contributed by atoms with E-state index in [0.717, 1.165) is 35.3 Å². The first-order valence-corrected chi connectivity index (χ1v) is 13.4. The molecule has 1 fully saturated rings. The normalized spacial score (nSPS) is 17.5. The third-order valence-electron chi connectivity index (χ3n) is 6.49. The first-order valence-electron chi connectivity index (χ1n) is 12.2. The van der Waals surface area contributed by atoms with Crippen LogP contribution in [0.3, 0.4) is 0 Å². The van der Waals surface area contributed by atoms with Gasteiger partial charge in [0.1, 0.15) is 0 Å². The van der Waals surface area contributed by atoms with Gasteiger partial charge in [-0.2, -0.15) is 0 Å². The van der Waals surface area contributed by atoms with Crippen LogP contribution in [0.4, 0.5) is 11.4 Å². The van der Waals surface area contributed by atoms with Gasteiger partial charge in [0.05, 0.1) is 29.9 Å². The summed E-state index contributed by atoms with van der Waals surface area (Å²) in [6.45, 7) is 13.7. The Morgan fingerprint density at radius 1 is 1.06 bits per heavy atom. The van der Waals surface area contributed by atoms with Crippen molar-refractivity contribution in [2.45, 2.75) is 78.9 Å². The molecule has 1 saturated heterocycles. The fraction of sp³-hybridized carbons (Fsp3) is 0.536. The van der Waals surface area contributed by atoms with Crippen LogP contribution < -0.4 is 9.21 Å². The van der Waals surface area contributed by atoms with Crippen molar-refractivity contribution in [3.8, 4) is 11.1 Å². The van der Waals surface area contributed by atoms with Crippen LogP contribution in [0.25, 0.3) is 11.1 Å². The van der Waals surface area contributed by atoms with Crippen LogP contribution in [-0.4, -0.2) is 47.2 Å². The van der Waals surface area contributed by atoms with Gasteiger partial charge in [0.25, 0.3) is 0 Å². The van der Waals surface area contributed by atoms with Crippen LogP contribution in [0.2, 0.25) is 0 Å². The molecule has 0 aromatic heterocycles. The molecule has 2 aromatic rings. The number of carbonyl (C=O) groups is 1. The second-order valence-electron chi connectivity index (χ2n) is 10.5. The van der Waals surface area contributed by atoms with Crippen LogP contribution >= 0.6 is 11.9 Å². The number of aliphatic hydroxyl groups is 1. The number of anilines is 2. The number of fused-ring (bicyclic) bond motifs is 3. The van der Waals surface area contributed by atoms with Crippen molar-refractivity contribution in [3.05, 3.63) is 46.5 Å². The largest absolute Gasteiger partial charge is 0.481 e. The van der Waals surface area contributed by atoms with Crippen LogP contribution in [0.15, 0.2) is 24.3 Å². The number of hydrogen-bond donors (Lipinski definition) is 2. The van der Waals surface area contributed by atoms with Gasteiger partial charge in [-0.3, -0.25) is 4.79 Å². The molecule has 5 nitrogen and oxygen atoms in total. The molecular formula is C28H40N2O3S. The number of aliphatic carboxylic acids is 1. The molecule has 4 rings (SSSR count). The molecule has 2 aliphatic heterocycles. The van der Waals surface area contributed by atoms with E-state index in [4.69, 9.17) is 5.11 Å². The van der Waals surface area contributed by atoms with Crippen molar-refractivity contribution >= 4 is 29.3 Å². The third-order valence-corrected chi connectivity index (χ3v) is 7.27. The van der Waals surface area contributed by atoms with Crippen molar-refractivity contribution in [3.63, 3.8) is 0 Å². The fourth-order valence-electron chi connectivity index (χ4n) is 5.10. The van der Waals surface area contributed by atoms with Gasteiger partial charge in [0, 0.05) is 18.8 Å². The Balaban J connectivity index is 0.000000588. The number of aryl methyl sites for hydroxylation is 1. The Bertz CT molecular complexity index is 1020. The summed E-state index contributed by atoms with van der Waals surface area (Å²) in [7, 11) is 0. The van der Waals surface area contributed by atoms with Crippen LogP contribution in [-0.2, 0) is 11.2 Å². The Labute approximate surface area is 209 Å². The summed E-state index contributed by atoms with van der Waals surface area (Å²) in [4.78, 5) is 14.4. The molecule has 0 saturated carbocycles. The number of piperidine rings is 1. The monoisotopic (exact) mass is 484 g/mol. The van der Waals surface area contributed by atoms with Crippen molar-refractivity contribution in [2.24, 2.45) is 0 Å². The standard InChI is InChI=1S/C24H30N2O2S.C4H10O/c1-15-8-10-18(11-9-15)22-17(3)23-24(16(2)20(22)13-21(27)28)26(29-4)14-19-7-5-6-12-25(19)23;1-4(2,3)5/h8-11,19H,5-7,12-14H2,1-4H3,(H,27,28);5H,1-3H3. The van der Waals surface area contributed by atoms with E-state index in [-0.39, 0.29) is 6.42 Å². The highest BCUT2D eigenvalue weighted by molar-refractivity contribution is 8.00. The number of nitrogens with zero attached hydrogens (tertiary/aromatic N) is 2. The lowest BCUT2D eigenvalue weighted by atomic mass is 9.85. The first-order chi connectivity index (χ1) is 15.9. The third kappa shape index (κ3) is 5.89. The van der Waals surface area contributed by atoms with Gasteiger partial charge in [-0.25, -0.2) is 0 Å². The highest BCUT2D eigenvalue weighted by atomic mass is 32.2. The van der Waals surface area contributed by atoms with Gasteiger partial charge in [0.2, 0.25) is 0 Å². The smallest absolute Gasteiger partial charge is 0.307 e. The quantitative estimate of drug-likeness (QED) is 0.508. The number of rotatable bonds is 4. The summed E-state index contributed by atoms with van der Waals surface area (Å²) in [5.41, 5.74) is 8.76. The molecule has 0 spiro atoms. The topological polar surface area (TPSA) is 64.0 Å². The first kappa shape index (κ1) is 26.4. The molecule has 1 unspecified atom stereocenters. The molecule has 2 N–H and O–H groups in total. The van der Waals surface area contributed by atoms with Gasteiger partial charge in [0.15, 0.2) is 0 Å². The van der Waals surface area contributed by atoms with Gasteiger partial charge >= 0.3 is 5.97 Å². The zero-order valence-corrected chi connectivity index (χ0v) is 22.6. The number of carboxylic acid groups (broad SMARTS) is 1. The summed E-state index contributed by atoms with van der Waals surface area (Å²) in [5.74, 6) is -0.775.